The van der Waals surface area contributed by atoms with E-state index < -0.39 is 0 Å². The predicted molar refractivity (Wildman–Crippen MR) is 76.0 cm³/mol. The van der Waals surface area contributed by atoms with Crippen LogP contribution in [-0.4, -0.2) is 47.6 Å². The molecule has 0 saturated carbocycles. The van der Waals surface area contributed by atoms with E-state index in [0.29, 0.717) is 13.8 Å². The van der Waals surface area contributed by atoms with Crippen LogP contribution >= 0.6 is 10.2 Å². The second-order valence-electron chi connectivity index (χ2n) is 4.13. The summed E-state index contributed by atoms with van der Waals surface area (Å²) in [5.41, 5.74) is 0.904. The van der Waals surface area contributed by atoms with Gasteiger partial charge in [-0.15, -0.1) is 0 Å². The summed E-state index contributed by atoms with van der Waals surface area (Å²) in [7, 11) is 1.87. The van der Waals surface area contributed by atoms with Crippen molar-refractivity contribution < 1.29 is 15.1 Å². The van der Waals surface area contributed by atoms with Gasteiger partial charge in [0, 0.05) is 0 Å². The van der Waals surface area contributed by atoms with E-state index in [1.807, 2.05) is 10.2 Å². The first kappa shape index (κ1) is 14.2. The number of hydrogen-bond donors (Lipinski definition) is 3. The van der Waals surface area contributed by atoms with Gasteiger partial charge in [0.25, 0.3) is 0 Å². The SMILES string of the molecule is O=C(NC1CS[Se]C1)/C(Cc1ccc(O)cc1)=N/O. The Bertz CT molecular complexity index is 472. The average molecular weight is 345 g/mol. The molecule has 1 aromatic carbocycles. The van der Waals surface area contributed by atoms with Crippen LogP contribution in [0.1, 0.15) is 5.56 Å². The van der Waals surface area contributed by atoms with Gasteiger partial charge in [-0.05, 0) is 0 Å². The fourth-order valence-corrected chi connectivity index (χ4v) is 6.39. The number of benzene rings is 1. The number of amides is 1. The molecule has 5 nitrogen and oxygen atoms in total. The Morgan fingerprint density at radius 3 is 2.79 bits per heavy atom. The molecule has 19 heavy (non-hydrogen) atoms. The molecule has 1 unspecified atom stereocenters. The van der Waals surface area contributed by atoms with Gasteiger partial charge >= 0.3 is 120 Å². The van der Waals surface area contributed by atoms with E-state index in [2.05, 4.69) is 10.5 Å². The van der Waals surface area contributed by atoms with Crippen molar-refractivity contribution in [2.45, 2.75) is 17.8 Å². The summed E-state index contributed by atoms with van der Waals surface area (Å²) in [5, 5.41) is 25.1. The molecule has 1 aliphatic heterocycles. The molecule has 3 N–H and O–H groups in total. The zero-order chi connectivity index (χ0) is 13.7. The molecule has 0 aliphatic carbocycles. The summed E-state index contributed by atoms with van der Waals surface area (Å²) < 4.78 is 0. The van der Waals surface area contributed by atoms with Crippen LogP contribution in [0.25, 0.3) is 0 Å². The Labute approximate surface area is 120 Å². The Hall–Kier alpha value is -1.17. The van der Waals surface area contributed by atoms with Crippen molar-refractivity contribution in [1.29, 1.82) is 0 Å². The first-order valence-electron chi connectivity index (χ1n) is 5.73. The van der Waals surface area contributed by atoms with Crippen molar-refractivity contribution in [3.63, 3.8) is 0 Å². The standard InChI is InChI=1S/C12H14N2O3SSe/c15-10-3-1-8(2-4-10)5-11(14-17)12(16)13-9-6-18-19-7-9/h1-4,9,15,17H,5-7H2,(H,13,16)/b14-11+. The zero-order valence-electron chi connectivity index (χ0n) is 10.1. The molecule has 1 atom stereocenters. The molecule has 1 aliphatic rings. The third-order valence-electron chi connectivity index (χ3n) is 2.65. The van der Waals surface area contributed by atoms with Crippen molar-refractivity contribution >= 4 is 35.6 Å². The third kappa shape index (κ3) is 4.16. The van der Waals surface area contributed by atoms with Gasteiger partial charge in [-0.2, -0.15) is 0 Å². The molecule has 0 aromatic heterocycles. The fraction of sp³-hybridized carbons (Fsp3) is 0.333. The van der Waals surface area contributed by atoms with Crippen LogP contribution in [0.3, 0.4) is 0 Å². The maximum atomic E-state index is 11.9. The number of carbonyl (C=O) groups is 1. The number of oxime groups is 1. The number of aromatic hydroxyl groups is 1. The Morgan fingerprint density at radius 1 is 1.47 bits per heavy atom. The predicted octanol–water partition coefficient (Wildman–Crippen LogP) is 1.03. The molecule has 0 spiro atoms. The summed E-state index contributed by atoms with van der Waals surface area (Å²) >= 11 is 0.547. The van der Waals surface area contributed by atoms with Gasteiger partial charge in [-0.25, -0.2) is 0 Å². The van der Waals surface area contributed by atoms with E-state index in [4.69, 9.17) is 5.21 Å². The van der Waals surface area contributed by atoms with E-state index in [0.717, 1.165) is 16.6 Å². The van der Waals surface area contributed by atoms with Gasteiger partial charge in [0.15, 0.2) is 0 Å². The molecular weight excluding hydrogens is 331 g/mol. The number of hydrogen-bond acceptors (Lipinski definition) is 5. The Morgan fingerprint density at radius 2 is 2.21 bits per heavy atom. The quantitative estimate of drug-likeness (QED) is 0.330. The van der Waals surface area contributed by atoms with Crippen LogP contribution in [0, 0.1) is 0 Å². The van der Waals surface area contributed by atoms with Gasteiger partial charge < -0.3 is 0 Å². The van der Waals surface area contributed by atoms with Crippen molar-refractivity contribution in [3.05, 3.63) is 29.8 Å². The first-order valence-corrected chi connectivity index (χ1v) is 9.95. The molecule has 1 aromatic rings. The summed E-state index contributed by atoms with van der Waals surface area (Å²) in [6.45, 7) is 0. The van der Waals surface area contributed by atoms with Crippen molar-refractivity contribution in [1.82, 2.24) is 5.32 Å². The van der Waals surface area contributed by atoms with Gasteiger partial charge in [0.2, 0.25) is 0 Å². The van der Waals surface area contributed by atoms with Crippen LogP contribution in [0.5, 0.6) is 5.75 Å². The minimum atomic E-state index is -0.320. The summed E-state index contributed by atoms with van der Waals surface area (Å²) in [6, 6.07) is 6.66. The van der Waals surface area contributed by atoms with E-state index in [9.17, 15) is 9.90 Å². The summed E-state index contributed by atoms with van der Waals surface area (Å²) in [6.07, 6.45) is 0.244. The molecule has 1 saturated heterocycles. The molecule has 2 rings (SSSR count). The Balaban J connectivity index is 1.95. The van der Waals surface area contributed by atoms with E-state index in [1.54, 1.807) is 24.3 Å². The van der Waals surface area contributed by atoms with Crippen LogP contribution in [0.15, 0.2) is 29.4 Å². The molecule has 7 heteroatoms. The van der Waals surface area contributed by atoms with Crippen LogP contribution in [0.2, 0.25) is 5.32 Å². The molecule has 1 fully saturated rings. The number of rotatable bonds is 4. The second kappa shape index (κ2) is 6.84. The third-order valence-corrected chi connectivity index (χ3v) is 7.10. The minimum absolute atomic E-state index is 0.0927. The number of carbonyl (C=O) groups excluding carboxylic acids is 1. The van der Waals surface area contributed by atoms with Gasteiger partial charge in [0.05, 0.1) is 0 Å². The van der Waals surface area contributed by atoms with Crippen molar-refractivity contribution in [3.8, 4) is 5.75 Å². The molecule has 1 heterocycles. The van der Waals surface area contributed by atoms with Gasteiger partial charge in [0.1, 0.15) is 0 Å². The fourth-order valence-electron chi connectivity index (χ4n) is 1.63. The van der Waals surface area contributed by atoms with E-state index in [-0.39, 0.29) is 29.8 Å². The van der Waals surface area contributed by atoms with E-state index >= 15 is 0 Å². The van der Waals surface area contributed by atoms with Gasteiger partial charge in [-0.3, -0.25) is 0 Å². The average Bonchev–Trinajstić information content (AvgIpc) is 2.90. The zero-order valence-corrected chi connectivity index (χ0v) is 12.6. The van der Waals surface area contributed by atoms with Crippen LogP contribution < -0.4 is 5.32 Å². The normalized spacial score (nSPS) is 19.4. The number of nitrogens with one attached hydrogen (secondary N) is 1. The summed E-state index contributed by atoms with van der Waals surface area (Å²) in [5.74, 6) is 0.781. The molecule has 102 valence electrons. The molecular formula is C12H14N2O3SSe. The molecule has 1 amide bonds. The second-order valence-corrected chi connectivity index (χ2v) is 8.60. The maximum absolute atomic E-state index is 11.9. The van der Waals surface area contributed by atoms with Gasteiger partial charge in [-0.1, -0.05) is 0 Å². The molecule has 0 radical (unpaired) electrons. The van der Waals surface area contributed by atoms with Crippen molar-refractivity contribution in [2.75, 3.05) is 5.75 Å². The summed E-state index contributed by atoms with van der Waals surface area (Å²) in [4.78, 5) is 11.9. The van der Waals surface area contributed by atoms with Crippen LogP contribution in [-0.2, 0) is 11.2 Å². The Kier molecular flexibility index (Phi) is 5.13. The van der Waals surface area contributed by atoms with Crippen LogP contribution in [0.4, 0.5) is 0 Å². The first-order chi connectivity index (χ1) is 9.19. The monoisotopic (exact) mass is 346 g/mol. The number of phenols is 1. The number of nitrogens with zero attached hydrogens (tertiary/aromatic N) is 1. The van der Waals surface area contributed by atoms with E-state index in [1.165, 1.54) is 0 Å². The number of phenolic OH excluding ortho intramolecular Hbond substituents is 1. The topological polar surface area (TPSA) is 81.9 Å². The molecule has 0 bridgehead atoms. The van der Waals surface area contributed by atoms with Crippen molar-refractivity contribution in [2.24, 2.45) is 5.16 Å².